The first-order valence-electron chi connectivity index (χ1n) is 11.7. The highest BCUT2D eigenvalue weighted by molar-refractivity contribution is 5.96. The Bertz CT molecular complexity index is 1120. The lowest BCUT2D eigenvalue weighted by Crippen LogP contribution is -2.48. The predicted molar refractivity (Wildman–Crippen MR) is 130 cm³/mol. The fraction of sp³-hybridized carbons (Fsp3) is 0.423. The van der Waals surface area contributed by atoms with E-state index in [0.29, 0.717) is 36.8 Å². The summed E-state index contributed by atoms with van der Waals surface area (Å²) in [5.74, 6) is 0.596. The van der Waals surface area contributed by atoms with Crippen LogP contribution in [0.2, 0.25) is 0 Å². The van der Waals surface area contributed by atoms with Gasteiger partial charge in [0.1, 0.15) is 11.5 Å². The second-order valence-corrected chi connectivity index (χ2v) is 9.45. The van der Waals surface area contributed by atoms with Gasteiger partial charge in [-0.15, -0.1) is 0 Å². The third kappa shape index (κ3) is 5.98. The highest BCUT2D eigenvalue weighted by Crippen LogP contribution is 2.28. The molecule has 3 amide bonds. The summed E-state index contributed by atoms with van der Waals surface area (Å²) in [7, 11) is 5.27. The van der Waals surface area contributed by atoms with E-state index >= 15 is 0 Å². The summed E-state index contributed by atoms with van der Waals surface area (Å²) in [6.45, 7) is 3.12. The largest absolute Gasteiger partial charge is 0.457 e. The summed E-state index contributed by atoms with van der Waals surface area (Å²) in [4.78, 5) is 43.4. The molecular formula is C26H32N4O5. The van der Waals surface area contributed by atoms with Gasteiger partial charge in [-0.3, -0.25) is 14.4 Å². The summed E-state index contributed by atoms with van der Waals surface area (Å²) in [6, 6.07) is 12.4. The smallest absolute Gasteiger partial charge is 0.254 e. The van der Waals surface area contributed by atoms with Crippen LogP contribution in [0, 0.1) is 6.92 Å². The van der Waals surface area contributed by atoms with Crippen molar-refractivity contribution in [3.8, 4) is 11.5 Å². The molecule has 4 bridgehead atoms. The van der Waals surface area contributed by atoms with Crippen LogP contribution in [-0.2, 0) is 20.9 Å². The van der Waals surface area contributed by atoms with Crippen molar-refractivity contribution in [3.63, 3.8) is 0 Å². The number of likely N-dealkylation sites (N-methyl/N-ethyl adjacent to an activating group) is 2. The fourth-order valence-electron chi connectivity index (χ4n) is 4.29. The Hall–Kier alpha value is -3.43. The van der Waals surface area contributed by atoms with Crippen molar-refractivity contribution in [2.24, 2.45) is 0 Å². The Morgan fingerprint density at radius 3 is 2.71 bits per heavy atom. The van der Waals surface area contributed by atoms with E-state index in [1.165, 1.54) is 4.90 Å². The molecule has 2 aromatic rings. The topological polar surface area (TPSA) is 91.4 Å². The van der Waals surface area contributed by atoms with Crippen molar-refractivity contribution < 1.29 is 23.9 Å². The Kier molecular flexibility index (Phi) is 7.37. The van der Waals surface area contributed by atoms with Crippen LogP contribution in [0.3, 0.4) is 0 Å². The predicted octanol–water partition coefficient (Wildman–Crippen LogP) is 1.65. The molecule has 9 nitrogen and oxygen atoms in total. The monoisotopic (exact) mass is 480 g/mol. The van der Waals surface area contributed by atoms with Gasteiger partial charge in [0.15, 0.2) is 0 Å². The molecule has 0 aliphatic carbocycles. The normalized spacial score (nSPS) is 20.9. The van der Waals surface area contributed by atoms with Crippen molar-refractivity contribution in [2.45, 2.75) is 25.7 Å². The van der Waals surface area contributed by atoms with Gasteiger partial charge in [-0.2, -0.15) is 0 Å². The molecule has 2 aromatic carbocycles. The van der Waals surface area contributed by atoms with Crippen LogP contribution in [0.15, 0.2) is 42.5 Å². The number of hydrogen-bond acceptors (Lipinski definition) is 6. The van der Waals surface area contributed by atoms with E-state index in [1.807, 2.05) is 56.3 Å². The van der Waals surface area contributed by atoms with E-state index in [0.717, 1.165) is 11.1 Å². The highest BCUT2D eigenvalue weighted by Gasteiger charge is 2.37. The van der Waals surface area contributed by atoms with E-state index < -0.39 is 0 Å². The Morgan fingerprint density at radius 2 is 1.94 bits per heavy atom. The Labute approximate surface area is 205 Å². The SMILES string of the molecule is Cc1ccc2cc1Oc1cccc(c1)CO[C@H]1CN(C(=O)CN(C)C)C[C@@H]1NC(=O)CN(C)C2=O. The number of rotatable bonds is 2. The first-order chi connectivity index (χ1) is 16.7. The molecule has 0 saturated carbocycles. The van der Waals surface area contributed by atoms with Gasteiger partial charge < -0.3 is 29.5 Å². The third-order valence-corrected chi connectivity index (χ3v) is 6.17. The molecule has 2 atom stereocenters. The van der Waals surface area contributed by atoms with E-state index in [4.69, 9.17) is 9.47 Å². The molecule has 2 heterocycles. The number of carbonyl (C=O) groups is 3. The summed E-state index contributed by atoms with van der Waals surface area (Å²) in [5.41, 5.74) is 2.23. The molecule has 35 heavy (non-hydrogen) atoms. The lowest BCUT2D eigenvalue weighted by molar-refractivity contribution is -0.131. The zero-order valence-corrected chi connectivity index (χ0v) is 20.6. The number of carbonyl (C=O) groups excluding carboxylic acids is 3. The molecule has 186 valence electrons. The first-order valence-corrected chi connectivity index (χ1v) is 11.7. The maximum Gasteiger partial charge on any atom is 0.254 e. The van der Waals surface area contributed by atoms with Crippen LogP contribution < -0.4 is 10.1 Å². The second-order valence-electron chi connectivity index (χ2n) is 9.45. The average molecular weight is 481 g/mol. The van der Waals surface area contributed by atoms with E-state index in [-0.39, 0.29) is 43.0 Å². The fourth-order valence-corrected chi connectivity index (χ4v) is 4.29. The summed E-state index contributed by atoms with van der Waals surface area (Å²) >= 11 is 0. The van der Waals surface area contributed by atoms with Gasteiger partial charge in [-0.1, -0.05) is 18.2 Å². The van der Waals surface area contributed by atoms with Crippen molar-refractivity contribution in [2.75, 3.05) is 47.3 Å². The van der Waals surface area contributed by atoms with Gasteiger partial charge in [0.25, 0.3) is 5.91 Å². The lowest BCUT2D eigenvalue weighted by atomic mass is 10.1. The second kappa shape index (κ2) is 10.5. The molecule has 1 saturated heterocycles. The Balaban J connectivity index is 1.62. The highest BCUT2D eigenvalue weighted by atomic mass is 16.5. The van der Waals surface area contributed by atoms with Gasteiger partial charge >= 0.3 is 0 Å². The first kappa shape index (κ1) is 24.7. The number of nitrogens with zero attached hydrogens (tertiary/aromatic N) is 3. The molecule has 2 aliphatic rings. The van der Waals surface area contributed by atoms with Gasteiger partial charge in [-0.25, -0.2) is 0 Å². The van der Waals surface area contributed by atoms with Crippen LogP contribution in [0.25, 0.3) is 0 Å². The number of fused-ring (bicyclic) bond motifs is 5. The van der Waals surface area contributed by atoms with E-state index in [2.05, 4.69) is 5.32 Å². The zero-order valence-electron chi connectivity index (χ0n) is 20.6. The quantitative estimate of drug-likeness (QED) is 0.703. The van der Waals surface area contributed by atoms with Crippen molar-refractivity contribution in [1.82, 2.24) is 20.0 Å². The van der Waals surface area contributed by atoms with E-state index in [9.17, 15) is 14.4 Å². The molecule has 0 radical (unpaired) electrons. The maximum atomic E-state index is 13.0. The molecule has 9 heteroatoms. The summed E-state index contributed by atoms with van der Waals surface area (Å²) in [5, 5.41) is 2.98. The molecule has 1 fully saturated rings. The lowest BCUT2D eigenvalue weighted by Gasteiger charge is -2.23. The molecule has 1 N–H and O–H groups in total. The van der Waals surface area contributed by atoms with Crippen LogP contribution in [0.4, 0.5) is 0 Å². The van der Waals surface area contributed by atoms with Crippen LogP contribution in [0.1, 0.15) is 21.5 Å². The van der Waals surface area contributed by atoms with Crippen molar-refractivity contribution in [3.05, 3.63) is 59.2 Å². The van der Waals surface area contributed by atoms with Gasteiger partial charge in [0.2, 0.25) is 11.8 Å². The van der Waals surface area contributed by atoms with Crippen LogP contribution in [-0.4, -0.2) is 91.9 Å². The number of ether oxygens (including phenoxy) is 2. The third-order valence-electron chi connectivity index (χ3n) is 6.17. The number of benzene rings is 2. The average Bonchev–Trinajstić information content (AvgIpc) is 3.20. The summed E-state index contributed by atoms with van der Waals surface area (Å²) < 4.78 is 12.3. The van der Waals surface area contributed by atoms with E-state index in [1.54, 1.807) is 24.1 Å². The van der Waals surface area contributed by atoms with Gasteiger partial charge in [-0.05, 0) is 56.4 Å². The number of nitrogens with one attached hydrogen (secondary N) is 1. The minimum atomic E-state index is -0.379. The number of amides is 3. The molecule has 0 spiro atoms. The van der Waals surface area contributed by atoms with Crippen LogP contribution >= 0.6 is 0 Å². The minimum Gasteiger partial charge on any atom is -0.457 e. The maximum absolute atomic E-state index is 13.0. The molecule has 0 aromatic heterocycles. The molecule has 2 aliphatic heterocycles. The van der Waals surface area contributed by atoms with Crippen LogP contribution in [0.5, 0.6) is 11.5 Å². The standard InChI is InChI=1S/C26H32N4O5/c1-17-8-9-19-11-22(17)35-20-7-5-6-18(10-20)16-34-23-13-30(25(32)15-28(2)3)12-21(23)27-24(31)14-29(4)26(19)33/h5-11,21,23H,12-16H2,1-4H3,(H,27,31)/t21-,23-/m0/s1. The van der Waals surface area contributed by atoms with Crippen molar-refractivity contribution >= 4 is 17.7 Å². The summed E-state index contributed by atoms with van der Waals surface area (Å²) in [6.07, 6.45) is -0.376. The molecule has 4 rings (SSSR count). The molecule has 0 unspecified atom stereocenters. The zero-order chi connectivity index (χ0) is 25.1. The van der Waals surface area contributed by atoms with Gasteiger partial charge in [0.05, 0.1) is 31.8 Å². The van der Waals surface area contributed by atoms with Gasteiger partial charge in [0, 0.05) is 25.7 Å². The van der Waals surface area contributed by atoms with Crippen molar-refractivity contribution in [1.29, 1.82) is 0 Å². The number of likely N-dealkylation sites (tertiary alicyclic amines) is 1. The number of aryl methyl sites for hydroxylation is 1. The molecular weight excluding hydrogens is 448 g/mol. The number of hydrogen-bond donors (Lipinski definition) is 1. The minimum absolute atomic E-state index is 0.0245. The Morgan fingerprint density at radius 1 is 1.14 bits per heavy atom.